The lowest BCUT2D eigenvalue weighted by Gasteiger charge is -2.20. The minimum absolute atomic E-state index is 0.106. The summed E-state index contributed by atoms with van der Waals surface area (Å²) in [5.74, 6) is 1.83. The van der Waals surface area contributed by atoms with Crippen LogP contribution in [0.2, 0.25) is 0 Å². The first kappa shape index (κ1) is 17.2. The summed E-state index contributed by atoms with van der Waals surface area (Å²) in [5.41, 5.74) is 1.30. The lowest BCUT2D eigenvalue weighted by atomic mass is 10.1. The number of furan rings is 1. The number of rotatable bonds is 8. The van der Waals surface area contributed by atoms with Crippen molar-refractivity contribution in [3.8, 4) is 0 Å². The van der Waals surface area contributed by atoms with E-state index in [9.17, 15) is 0 Å². The first-order chi connectivity index (χ1) is 9.28. The molecule has 0 saturated carbocycles. The van der Waals surface area contributed by atoms with E-state index in [0.717, 1.165) is 18.1 Å². The summed E-state index contributed by atoms with van der Waals surface area (Å²) < 4.78 is 16.7. The quantitative estimate of drug-likeness (QED) is 0.742. The Morgan fingerprint density at radius 1 is 1.25 bits per heavy atom. The molecule has 0 aliphatic carbocycles. The summed E-state index contributed by atoms with van der Waals surface area (Å²) in [7, 11) is 0. The van der Waals surface area contributed by atoms with E-state index < -0.39 is 0 Å². The predicted octanol–water partition coefficient (Wildman–Crippen LogP) is 3.42. The number of aryl methyl sites for hydroxylation is 1. The van der Waals surface area contributed by atoms with E-state index in [1.54, 1.807) is 0 Å². The van der Waals surface area contributed by atoms with Crippen LogP contribution in [0.15, 0.2) is 10.5 Å². The Bertz CT molecular complexity index is 391. The van der Waals surface area contributed by atoms with Crippen molar-refractivity contribution in [1.82, 2.24) is 5.32 Å². The Balaban J connectivity index is 2.33. The molecule has 0 aliphatic rings. The zero-order chi connectivity index (χ0) is 15.2. The van der Waals surface area contributed by atoms with Crippen LogP contribution < -0.4 is 5.32 Å². The second kappa shape index (κ2) is 7.81. The van der Waals surface area contributed by atoms with Crippen molar-refractivity contribution >= 4 is 0 Å². The zero-order valence-corrected chi connectivity index (χ0v) is 13.7. The molecule has 1 rings (SSSR count). The van der Waals surface area contributed by atoms with E-state index in [1.165, 1.54) is 5.56 Å². The van der Waals surface area contributed by atoms with Crippen LogP contribution in [-0.4, -0.2) is 24.9 Å². The highest BCUT2D eigenvalue weighted by molar-refractivity contribution is 5.20. The molecule has 1 aromatic heterocycles. The van der Waals surface area contributed by atoms with Gasteiger partial charge in [-0.25, -0.2) is 0 Å². The maximum atomic E-state index is 5.70. The Kier molecular flexibility index (Phi) is 6.72. The summed E-state index contributed by atoms with van der Waals surface area (Å²) >= 11 is 0. The molecule has 1 aromatic rings. The highest BCUT2D eigenvalue weighted by Crippen LogP contribution is 2.16. The second-order valence-electron chi connectivity index (χ2n) is 6.37. The minimum atomic E-state index is 0.106. The Labute approximate surface area is 122 Å². The molecule has 20 heavy (non-hydrogen) atoms. The molecule has 0 aromatic carbocycles. The van der Waals surface area contributed by atoms with Gasteiger partial charge in [0.25, 0.3) is 0 Å². The van der Waals surface area contributed by atoms with Crippen LogP contribution >= 0.6 is 0 Å². The molecule has 0 unspecified atom stereocenters. The molecule has 0 spiro atoms. The first-order valence-corrected chi connectivity index (χ1v) is 7.30. The number of ether oxygens (including phenoxy) is 2. The smallest absolute Gasteiger partial charge is 0.130 e. The van der Waals surface area contributed by atoms with Crippen molar-refractivity contribution < 1.29 is 13.9 Å². The van der Waals surface area contributed by atoms with Crippen LogP contribution in [0.4, 0.5) is 0 Å². The van der Waals surface area contributed by atoms with Gasteiger partial charge in [-0.2, -0.15) is 0 Å². The van der Waals surface area contributed by atoms with Crippen LogP contribution in [0.1, 0.15) is 51.7 Å². The van der Waals surface area contributed by atoms with Crippen molar-refractivity contribution in [2.75, 3.05) is 13.2 Å². The maximum Gasteiger partial charge on any atom is 0.130 e. The minimum Gasteiger partial charge on any atom is -0.464 e. The molecular formula is C16H29NO3. The van der Waals surface area contributed by atoms with Crippen LogP contribution in [0.5, 0.6) is 0 Å². The molecule has 0 saturated heterocycles. The molecule has 0 amide bonds. The standard InChI is InChI=1S/C16H29NO3/c1-12(2)19-8-7-18-11-15-9-14(13(3)20-15)10-17-16(4,5)6/h9,12,17H,7-8,10-11H2,1-6H3. The van der Waals surface area contributed by atoms with Gasteiger partial charge in [-0.3, -0.25) is 0 Å². The Hall–Kier alpha value is -0.840. The molecule has 0 atom stereocenters. The molecule has 0 radical (unpaired) electrons. The highest BCUT2D eigenvalue weighted by atomic mass is 16.5. The molecule has 1 heterocycles. The highest BCUT2D eigenvalue weighted by Gasteiger charge is 2.12. The molecule has 116 valence electrons. The van der Waals surface area contributed by atoms with E-state index in [-0.39, 0.29) is 11.6 Å². The van der Waals surface area contributed by atoms with Gasteiger partial charge in [-0.15, -0.1) is 0 Å². The van der Waals surface area contributed by atoms with Gasteiger partial charge in [0.05, 0.1) is 19.3 Å². The van der Waals surface area contributed by atoms with Gasteiger partial charge < -0.3 is 19.2 Å². The molecular weight excluding hydrogens is 254 g/mol. The van der Waals surface area contributed by atoms with E-state index in [2.05, 4.69) is 32.2 Å². The van der Waals surface area contributed by atoms with Crippen LogP contribution in [0, 0.1) is 6.92 Å². The van der Waals surface area contributed by atoms with Gasteiger partial charge in [-0.05, 0) is 47.6 Å². The van der Waals surface area contributed by atoms with Crippen molar-refractivity contribution in [3.05, 3.63) is 23.2 Å². The normalized spacial score (nSPS) is 12.3. The van der Waals surface area contributed by atoms with Crippen molar-refractivity contribution in [1.29, 1.82) is 0 Å². The van der Waals surface area contributed by atoms with Crippen molar-refractivity contribution in [3.63, 3.8) is 0 Å². The third kappa shape index (κ3) is 7.08. The van der Waals surface area contributed by atoms with E-state index in [1.807, 2.05) is 20.8 Å². The van der Waals surface area contributed by atoms with Gasteiger partial charge in [0.1, 0.15) is 18.1 Å². The number of hydrogen-bond acceptors (Lipinski definition) is 4. The third-order valence-electron chi connectivity index (χ3n) is 2.80. The Morgan fingerprint density at radius 3 is 2.55 bits per heavy atom. The van der Waals surface area contributed by atoms with E-state index in [4.69, 9.17) is 13.9 Å². The van der Waals surface area contributed by atoms with Gasteiger partial charge in [-0.1, -0.05) is 0 Å². The average molecular weight is 283 g/mol. The van der Waals surface area contributed by atoms with E-state index in [0.29, 0.717) is 19.8 Å². The third-order valence-corrected chi connectivity index (χ3v) is 2.80. The summed E-state index contributed by atoms with van der Waals surface area (Å²) in [4.78, 5) is 0. The fraction of sp³-hybridized carbons (Fsp3) is 0.750. The summed E-state index contributed by atoms with van der Waals surface area (Å²) in [5, 5.41) is 3.46. The Morgan fingerprint density at radius 2 is 1.95 bits per heavy atom. The van der Waals surface area contributed by atoms with Crippen LogP contribution in [-0.2, 0) is 22.6 Å². The lowest BCUT2D eigenvalue weighted by molar-refractivity contribution is 0.0102. The maximum absolute atomic E-state index is 5.70. The molecule has 0 aliphatic heterocycles. The molecule has 0 bridgehead atoms. The van der Waals surface area contributed by atoms with Crippen molar-refractivity contribution in [2.45, 2.75) is 66.3 Å². The summed E-state index contributed by atoms with van der Waals surface area (Å²) in [6.07, 6.45) is 0.250. The lowest BCUT2D eigenvalue weighted by Crippen LogP contribution is -2.35. The fourth-order valence-corrected chi connectivity index (χ4v) is 1.71. The van der Waals surface area contributed by atoms with Crippen LogP contribution in [0.25, 0.3) is 0 Å². The summed E-state index contributed by atoms with van der Waals surface area (Å²) in [6, 6.07) is 2.07. The first-order valence-electron chi connectivity index (χ1n) is 7.30. The van der Waals surface area contributed by atoms with Crippen LogP contribution in [0.3, 0.4) is 0 Å². The fourth-order valence-electron chi connectivity index (χ4n) is 1.71. The van der Waals surface area contributed by atoms with Gasteiger partial charge >= 0.3 is 0 Å². The molecule has 1 N–H and O–H groups in total. The zero-order valence-electron chi connectivity index (χ0n) is 13.7. The SMILES string of the molecule is Cc1oc(COCCOC(C)C)cc1CNC(C)(C)C. The second-order valence-corrected chi connectivity index (χ2v) is 6.37. The van der Waals surface area contributed by atoms with Gasteiger partial charge in [0.15, 0.2) is 0 Å². The molecule has 4 heteroatoms. The molecule has 4 nitrogen and oxygen atoms in total. The van der Waals surface area contributed by atoms with Gasteiger partial charge in [0.2, 0.25) is 0 Å². The largest absolute Gasteiger partial charge is 0.464 e. The van der Waals surface area contributed by atoms with E-state index >= 15 is 0 Å². The van der Waals surface area contributed by atoms with Crippen molar-refractivity contribution in [2.24, 2.45) is 0 Å². The number of nitrogens with one attached hydrogen (secondary N) is 1. The topological polar surface area (TPSA) is 43.6 Å². The monoisotopic (exact) mass is 283 g/mol. The van der Waals surface area contributed by atoms with Gasteiger partial charge in [0, 0.05) is 17.6 Å². The number of hydrogen-bond donors (Lipinski definition) is 1. The molecule has 0 fully saturated rings. The predicted molar refractivity (Wildman–Crippen MR) is 80.8 cm³/mol. The average Bonchev–Trinajstić information content (AvgIpc) is 2.65. The summed E-state index contributed by atoms with van der Waals surface area (Å²) in [6.45, 7) is 15.0.